The van der Waals surface area contributed by atoms with Crippen LogP contribution in [0.4, 0.5) is 0 Å². The maximum Gasteiger partial charge on any atom is 0.316 e. The second-order valence-electron chi connectivity index (χ2n) is 6.02. The van der Waals surface area contributed by atoms with Gasteiger partial charge in [0.15, 0.2) is 11.6 Å². The average Bonchev–Trinajstić information content (AvgIpc) is 3.09. The lowest BCUT2D eigenvalue weighted by atomic mass is 9.74. The van der Waals surface area contributed by atoms with E-state index in [0.717, 1.165) is 10.0 Å². The second-order valence-corrected chi connectivity index (χ2v) is 6.94. The topological polar surface area (TPSA) is 61.8 Å². The molecule has 25 heavy (non-hydrogen) atoms. The molecule has 0 radical (unpaired) electrons. The molecule has 1 heterocycles. The fourth-order valence-corrected chi connectivity index (χ4v) is 3.67. The van der Waals surface area contributed by atoms with Crippen LogP contribution in [0.15, 0.2) is 28.7 Å². The van der Waals surface area contributed by atoms with Gasteiger partial charge in [-0.25, -0.2) is 0 Å². The minimum Gasteiger partial charge on any atom is -0.468 e. The van der Waals surface area contributed by atoms with Crippen LogP contribution in [-0.2, 0) is 30.2 Å². The largest absolute Gasteiger partial charge is 0.468 e. The van der Waals surface area contributed by atoms with E-state index in [0.29, 0.717) is 26.1 Å². The van der Waals surface area contributed by atoms with E-state index in [1.165, 1.54) is 7.11 Å². The van der Waals surface area contributed by atoms with E-state index in [4.69, 9.17) is 14.2 Å². The summed E-state index contributed by atoms with van der Waals surface area (Å²) in [4.78, 5) is 24.7. The van der Waals surface area contributed by atoms with Crippen molar-refractivity contribution in [3.8, 4) is 0 Å². The molecule has 1 saturated carbocycles. The zero-order valence-electron chi connectivity index (χ0n) is 14.9. The molecule has 2 aliphatic rings. The maximum absolute atomic E-state index is 12.7. The quantitative estimate of drug-likeness (QED) is 0.561. The van der Waals surface area contributed by atoms with Gasteiger partial charge in [0.1, 0.15) is 5.92 Å². The Morgan fingerprint density at radius 3 is 2.36 bits per heavy atom. The summed E-state index contributed by atoms with van der Waals surface area (Å²) in [6.45, 7) is 4.99. The maximum atomic E-state index is 12.7. The summed E-state index contributed by atoms with van der Waals surface area (Å²) in [6.07, 6.45) is 1.29. The van der Waals surface area contributed by atoms with E-state index in [-0.39, 0.29) is 18.1 Å². The molecule has 0 N–H and O–H groups in total. The summed E-state index contributed by atoms with van der Waals surface area (Å²) in [6, 6.07) is 7.84. The molecule has 1 aromatic carbocycles. The summed E-state index contributed by atoms with van der Waals surface area (Å²) >= 11 is 3.40. The van der Waals surface area contributed by atoms with E-state index < -0.39 is 17.7 Å². The Kier molecular flexibility index (Phi) is 7.16. The van der Waals surface area contributed by atoms with Gasteiger partial charge in [-0.15, -0.1) is 0 Å². The lowest BCUT2D eigenvalue weighted by molar-refractivity contribution is -0.203. The summed E-state index contributed by atoms with van der Waals surface area (Å²) in [7, 11) is 1.30. The van der Waals surface area contributed by atoms with E-state index >= 15 is 0 Å². The monoisotopic (exact) mass is 412 g/mol. The van der Waals surface area contributed by atoms with Crippen LogP contribution in [0.1, 0.15) is 32.3 Å². The third-order valence-corrected chi connectivity index (χ3v) is 5.04. The highest BCUT2D eigenvalue weighted by Gasteiger charge is 2.51. The summed E-state index contributed by atoms with van der Waals surface area (Å²) in [5.74, 6) is -2.54. The third-order valence-electron chi connectivity index (χ3n) is 4.51. The van der Waals surface area contributed by atoms with Crippen molar-refractivity contribution in [2.75, 3.05) is 20.3 Å². The number of benzene rings is 1. The Morgan fingerprint density at radius 2 is 1.80 bits per heavy atom. The second kappa shape index (κ2) is 8.92. The Morgan fingerprint density at radius 1 is 1.20 bits per heavy atom. The van der Waals surface area contributed by atoms with Gasteiger partial charge in [-0.2, -0.15) is 0 Å². The predicted octanol–water partition coefficient (Wildman–Crippen LogP) is 3.53. The average molecular weight is 413 g/mol. The van der Waals surface area contributed by atoms with E-state index in [9.17, 15) is 9.59 Å². The van der Waals surface area contributed by atoms with Crippen LogP contribution >= 0.6 is 15.9 Å². The van der Waals surface area contributed by atoms with Crippen molar-refractivity contribution in [3.63, 3.8) is 0 Å². The van der Waals surface area contributed by atoms with Crippen molar-refractivity contribution in [1.29, 1.82) is 0 Å². The molecule has 1 aliphatic carbocycles. The minimum absolute atomic E-state index is 0.0792. The first kappa shape index (κ1) is 20.1. The van der Waals surface area contributed by atoms with Crippen molar-refractivity contribution in [3.05, 3.63) is 34.3 Å². The van der Waals surface area contributed by atoms with Crippen molar-refractivity contribution < 1.29 is 23.8 Å². The summed E-state index contributed by atoms with van der Waals surface area (Å²) in [5, 5.41) is 0. The van der Waals surface area contributed by atoms with Crippen LogP contribution in [0.3, 0.4) is 0 Å². The standard InChI is InChI=1S/C17H19BrO5.C2H6/c1-21-16(20)14-10-17(22-6-7-23-17)9-12(15(14)19)8-11-2-4-13(18)5-3-11;1-2/h2-5,12,14H,6-10H2,1H3;1-2H3. The molecule has 0 bridgehead atoms. The number of ether oxygens (including phenoxy) is 3. The molecule has 0 aromatic heterocycles. The molecule has 6 heteroatoms. The lowest BCUT2D eigenvalue weighted by Gasteiger charge is -2.38. The van der Waals surface area contributed by atoms with Crippen LogP contribution in [0.5, 0.6) is 0 Å². The van der Waals surface area contributed by atoms with Crippen molar-refractivity contribution >= 4 is 27.7 Å². The molecule has 2 unspecified atom stereocenters. The highest BCUT2D eigenvalue weighted by atomic mass is 79.9. The molecule has 2 atom stereocenters. The van der Waals surface area contributed by atoms with Gasteiger partial charge in [0, 0.05) is 23.2 Å². The first-order chi connectivity index (χ1) is 12.0. The number of esters is 1. The molecule has 1 saturated heterocycles. The van der Waals surface area contributed by atoms with Crippen LogP contribution in [0.25, 0.3) is 0 Å². The molecule has 1 aromatic rings. The van der Waals surface area contributed by atoms with Gasteiger partial charge in [0.05, 0.1) is 20.3 Å². The van der Waals surface area contributed by atoms with Crippen molar-refractivity contribution in [2.45, 2.75) is 38.9 Å². The first-order valence-electron chi connectivity index (χ1n) is 8.67. The normalized spacial score (nSPS) is 24.6. The number of ketones is 1. The number of hydrogen-bond acceptors (Lipinski definition) is 5. The molecular weight excluding hydrogens is 388 g/mol. The number of carbonyl (C=O) groups excluding carboxylic acids is 2. The molecule has 3 rings (SSSR count). The predicted molar refractivity (Wildman–Crippen MR) is 97.1 cm³/mol. The van der Waals surface area contributed by atoms with Gasteiger partial charge < -0.3 is 14.2 Å². The minimum atomic E-state index is -0.827. The molecule has 1 aliphatic heterocycles. The van der Waals surface area contributed by atoms with E-state index in [1.807, 2.05) is 38.1 Å². The Hall–Kier alpha value is -1.24. The Bertz CT molecular complexity index is 592. The highest BCUT2D eigenvalue weighted by Crippen LogP contribution is 2.41. The molecule has 138 valence electrons. The van der Waals surface area contributed by atoms with Gasteiger partial charge in [0.25, 0.3) is 0 Å². The smallest absolute Gasteiger partial charge is 0.316 e. The van der Waals surface area contributed by atoms with Gasteiger partial charge in [0.2, 0.25) is 0 Å². The Labute approximate surface area is 157 Å². The zero-order valence-corrected chi connectivity index (χ0v) is 16.5. The van der Waals surface area contributed by atoms with Crippen molar-refractivity contribution in [2.24, 2.45) is 11.8 Å². The van der Waals surface area contributed by atoms with Gasteiger partial charge >= 0.3 is 5.97 Å². The SMILES string of the molecule is CC.COC(=O)C1CC2(CC(Cc3ccc(Br)cc3)C1=O)OCCO2. The highest BCUT2D eigenvalue weighted by molar-refractivity contribution is 9.10. The van der Waals surface area contributed by atoms with E-state index in [1.54, 1.807) is 0 Å². The van der Waals surface area contributed by atoms with Gasteiger partial charge in [-0.3, -0.25) is 9.59 Å². The van der Waals surface area contributed by atoms with E-state index in [2.05, 4.69) is 15.9 Å². The third kappa shape index (κ3) is 4.68. The van der Waals surface area contributed by atoms with Crippen LogP contribution in [0.2, 0.25) is 0 Å². The molecule has 1 spiro atoms. The molecule has 2 fully saturated rings. The molecule has 5 nitrogen and oxygen atoms in total. The molecule has 0 amide bonds. The van der Waals surface area contributed by atoms with Crippen LogP contribution < -0.4 is 0 Å². The van der Waals surface area contributed by atoms with Crippen molar-refractivity contribution in [1.82, 2.24) is 0 Å². The molecular formula is C19H25BrO5. The summed E-state index contributed by atoms with van der Waals surface area (Å²) in [5.41, 5.74) is 1.05. The summed E-state index contributed by atoms with van der Waals surface area (Å²) < 4.78 is 17.3. The number of carbonyl (C=O) groups is 2. The van der Waals surface area contributed by atoms with Crippen LogP contribution in [-0.4, -0.2) is 37.9 Å². The van der Waals surface area contributed by atoms with Crippen LogP contribution in [0, 0.1) is 11.8 Å². The Balaban J connectivity index is 0.00000109. The fourth-order valence-electron chi connectivity index (χ4n) is 3.41. The number of methoxy groups -OCH3 is 1. The zero-order chi connectivity index (χ0) is 18.4. The number of rotatable bonds is 3. The number of hydrogen-bond donors (Lipinski definition) is 0. The fraction of sp³-hybridized carbons (Fsp3) is 0.579. The first-order valence-corrected chi connectivity index (χ1v) is 9.46. The number of Topliss-reactive ketones (excluding diaryl/α,β-unsaturated/α-hetero) is 1. The lowest BCUT2D eigenvalue weighted by Crippen LogP contribution is -2.48. The van der Waals surface area contributed by atoms with Gasteiger partial charge in [-0.1, -0.05) is 41.9 Å². The van der Waals surface area contributed by atoms with Gasteiger partial charge in [-0.05, 0) is 24.1 Å². The number of halogens is 1.